The molecule has 2 saturated heterocycles. The van der Waals surface area contributed by atoms with E-state index in [1.807, 2.05) is 25.7 Å². The lowest BCUT2D eigenvalue weighted by molar-refractivity contribution is 0.0109. The second kappa shape index (κ2) is 4.90. The van der Waals surface area contributed by atoms with Crippen LogP contribution in [-0.2, 0) is 4.74 Å². The number of hydrogen-bond donors (Lipinski definition) is 0. The van der Waals surface area contributed by atoms with Crippen LogP contribution < -0.4 is 0 Å². The molecule has 0 aromatic heterocycles. The molecular weight excluding hydrogens is 252 g/mol. The number of nitrogens with zero attached hydrogens (tertiary/aromatic N) is 2. The van der Waals surface area contributed by atoms with Gasteiger partial charge in [0.25, 0.3) is 0 Å². The molecule has 20 heavy (non-hydrogen) atoms. The number of likely N-dealkylation sites (tertiary alicyclic amines) is 2. The normalized spacial score (nSPS) is 27.1. The van der Waals surface area contributed by atoms with E-state index in [-0.39, 0.29) is 11.7 Å². The fraction of sp³-hybridized carbons (Fsp3) is 0.938. The summed E-state index contributed by atoms with van der Waals surface area (Å²) >= 11 is 0. The van der Waals surface area contributed by atoms with Gasteiger partial charge in [0.1, 0.15) is 5.60 Å². The van der Waals surface area contributed by atoms with E-state index in [1.54, 1.807) is 0 Å². The Bertz CT molecular complexity index is 376. The summed E-state index contributed by atoms with van der Waals surface area (Å²) in [4.78, 5) is 16.7. The van der Waals surface area contributed by atoms with Crippen LogP contribution in [-0.4, -0.2) is 53.7 Å². The molecule has 4 heteroatoms. The quantitative estimate of drug-likeness (QED) is 0.740. The highest BCUT2D eigenvalue weighted by Crippen LogP contribution is 2.44. The second-order valence-corrected chi connectivity index (χ2v) is 7.92. The number of rotatable bonds is 1. The molecule has 0 bridgehead atoms. The van der Waals surface area contributed by atoms with Crippen LogP contribution in [0.4, 0.5) is 4.79 Å². The lowest BCUT2D eigenvalue weighted by Gasteiger charge is -2.39. The molecule has 4 nitrogen and oxygen atoms in total. The molecule has 1 aliphatic carbocycles. The van der Waals surface area contributed by atoms with Crippen LogP contribution in [0.3, 0.4) is 0 Å². The smallest absolute Gasteiger partial charge is 0.410 e. The first-order chi connectivity index (χ1) is 9.37. The van der Waals surface area contributed by atoms with Crippen molar-refractivity contribution in [2.24, 2.45) is 5.41 Å². The Kier molecular flexibility index (Phi) is 3.47. The molecule has 1 saturated carbocycles. The van der Waals surface area contributed by atoms with E-state index < -0.39 is 0 Å². The lowest BCUT2D eigenvalue weighted by atomic mass is 9.78. The van der Waals surface area contributed by atoms with Crippen LogP contribution in [0.2, 0.25) is 0 Å². The maximum atomic E-state index is 12.1. The minimum Gasteiger partial charge on any atom is -0.444 e. The summed E-state index contributed by atoms with van der Waals surface area (Å²) in [6, 6.07) is 0.887. The molecule has 3 fully saturated rings. The van der Waals surface area contributed by atoms with Gasteiger partial charge >= 0.3 is 6.09 Å². The molecule has 0 aromatic rings. The van der Waals surface area contributed by atoms with E-state index in [9.17, 15) is 4.79 Å². The highest BCUT2D eigenvalue weighted by Gasteiger charge is 2.45. The highest BCUT2D eigenvalue weighted by molar-refractivity contribution is 5.68. The fourth-order valence-corrected chi connectivity index (χ4v) is 3.62. The first kappa shape index (κ1) is 14.2. The topological polar surface area (TPSA) is 32.8 Å². The average Bonchev–Trinajstić information content (AvgIpc) is 3.12. The monoisotopic (exact) mass is 280 g/mol. The predicted molar refractivity (Wildman–Crippen MR) is 78.7 cm³/mol. The molecule has 3 aliphatic rings. The van der Waals surface area contributed by atoms with Gasteiger partial charge in [-0.1, -0.05) is 0 Å². The summed E-state index contributed by atoms with van der Waals surface area (Å²) < 4.78 is 5.47. The SMILES string of the molecule is CC(C)(C)OC(=O)N1CCC2(CC1)CCN(C1CC1)C2. The zero-order chi connectivity index (χ0) is 14.4. The van der Waals surface area contributed by atoms with Crippen LogP contribution in [0.15, 0.2) is 0 Å². The van der Waals surface area contributed by atoms with Crippen LogP contribution >= 0.6 is 0 Å². The van der Waals surface area contributed by atoms with Crippen LogP contribution in [0.1, 0.15) is 52.9 Å². The molecule has 1 amide bonds. The molecule has 0 N–H and O–H groups in total. The number of carbonyl (C=O) groups is 1. The van der Waals surface area contributed by atoms with Crippen LogP contribution in [0, 0.1) is 5.41 Å². The van der Waals surface area contributed by atoms with Gasteiger partial charge in [-0.15, -0.1) is 0 Å². The third kappa shape index (κ3) is 3.11. The van der Waals surface area contributed by atoms with Gasteiger partial charge in [-0.05, 0) is 64.8 Å². The minimum absolute atomic E-state index is 0.135. The number of ether oxygens (including phenoxy) is 1. The molecule has 0 unspecified atom stereocenters. The van der Waals surface area contributed by atoms with Crippen molar-refractivity contribution in [3.05, 3.63) is 0 Å². The zero-order valence-corrected chi connectivity index (χ0v) is 13.2. The molecule has 0 atom stereocenters. The Hall–Kier alpha value is -0.770. The number of amides is 1. The number of hydrogen-bond acceptors (Lipinski definition) is 3. The molecule has 2 aliphatic heterocycles. The van der Waals surface area contributed by atoms with Gasteiger partial charge in [0.05, 0.1) is 0 Å². The van der Waals surface area contributed by atoms with Gasteiger partial charge in [0.2, 0.25) is 0 Å². The zero-order valence-electron chi connectivity index (χ0n) is 13.2. The summed E-state index contributed by atoms with van der Waals surface area (Å²) in [6.45, 7) is 10.1. The van der Waals surface area contributed by atoms with Crippen molar-refractivity contribution in [3.8, 4) is 0 Å². The molecule has 0 aromatic carbocycles. The molecule has 2 heterocycles. The molecule has 3 rings (SSSR count). The van der Waals surface area contributed by atoms with Crippen molar-refractivity contribution in [3.63, 3.8) is 0 Å². The maximum Gasteiger partial charge on any atom is 0.410 e. The number of carbonyl (C=O) groups excluding carboxylic acids is 1. The summed E-state index contributed by atoms with van der Waals surface area (Å²) in [6.07, 6.45) is 6.29. The van der Waals surface area contributed by atoms with Gasteiger partial charge in [0, 0.05) is 25.7 Å². The van der Waals surface area contributed by atoms with Gasteiger partial charge in [0.15, 0.2) is 0 Å². The Morgan fingerprint density at radius 3 is 2.25 bits per heavy atom. The van der Waals surface area contributed by atoms with Gasteiger partial charge < -0.3 is 9.64 Å². The van der Waals surface area contributed by atoms with E-state index in [1.165, 1.54) is 32.4 Å². The van der Waals surface area contributed by atoms with Gasteiger partial charge in [-0.3, -0.25) is 4.90 Å². The Morgan fingerprint density at radius 2 is 1.70 bits per heavy atom. The Morgan fingerprint density at radius 1 is 1.10 bits per heavy atom. The van der Waals surface area contributed by atoms with Crippen molar-refractivity contribution in [2.45, 2.75) is 64.5 Å². The summed E-state index contributed by atoms with van der Waals surface area (Å²) in [5.41, 5.74) is 0.101. The third-order valence-corrected chi connectivity index (χ3v) is 5.01. The van der Waals surface area contributed by atoms with Gasteiger partial charge in [-0.25, -0.2) is 4.79 Å². The molecule has 114 valence electrons. The van der Waals surface area contributed by atoms with Crippen molar-refractivity contribution in [2.75, 3.05) is 26.2 Å². The minimum atomic E-state index is -0.387. The highest BCUT2D eigenvalue weighted by atomic mass is 16.6. The second-order valence-electron chi connectivity index (χ2n) is 7.92. The molecule has 0 radical (unpaired) electrons. The van der Waals surface area contributed by atoms with Crippen molar-refractivity contribution in [1.29, 1.82) is 0 Å². The fourth-order valence-electron chi connectivity index (χ4n) is 3.62. The van der Waals surface area contributed by atoms with E-state index in [4.69, 9.17) is 4.74 Å². The van der Waals surface area contributed by atoms with E-state index in [0.717, 1.165) is 32.0 Å². The van der Waals surface area contributed by atoms with Crippen LogP contribution in [0.5, 0.6) is 0 Å². The number of piperidine rings is 1. The van der Waals surface area contributed by atoms with E-state index >= 15 is 0 Å². The van der Waals surface area contributed by atoms with Crippen molar-refractivity contribution >= 4 is 6.09 Å². The largest absolute Gasteiger partial charge is 0.444 e. The summed E-state index contributed by atoms with van der Waals surface area (Å²) in [7, 11) is 0. The van der Waals surface area contributed by atoms with Crippen molar-refractivity contribution < 1.29 is 9.53 Å². The van der Waals surface area contributed by atoms with Crippen molar-refractivity contribution in [1.82, 2.24) is 9.80 Å². The summed E-state index contributed by atoms with van der Waals surface area (Å²) in [5.74, 6) is 0. The van der Waals surface area contributed by atoms with Crippen LogP contribution in [0.25, 0.3) is 0 Å². The van der Waals surface area contributed by atoms with Gasteiger partial charge in [-0.2, -0.15) is 0 Å². The predicted octanol–water partition coefficient (Wildman–Crippen LogP) is 2.87. The Balaban J connectivity index is 1.50. The first-order valence-corrected chi connectivity index (χ1v) is 8.09. The molecule has 1 spiro atoms. The maximum absolute atomic E-state index is 12.1. The Labute approximate surface area is 122 Å². The lowest BCUT2D eigenvalue weighted by Crippen LogP contribution is -2.46. The summed E-state index contributed by atoms with van der Waals surface area (Å²) in [5, 5.41) is 0. The van der Waals surface area contributed by atoms with E-state index in [2.05, 4.69) is 4.90 Å². The third-order valence-electron chi connectivity index (χ3n) is 5.01. The van der Waals surface area contributed by atoms with E-state index in [0.29, 0.717) is 5.41 Å². The standard InChI is InChI=1S/C16H28N2O2/c1-15(2,3)20-14(19)17-9-6-16(7-10-17)8-11-18(12-16)13-4-5-13/h13H,4-12H2,1-3H3. The first-order valence-electron chi connectivity index (χ1n) is 8.09. The molecular formula is C16H28N2O2. The average molecular weight is 280 g/mol.